The summed E-state index contributed by atoms with van der Waals surface area (Å²) in [6.45, 7) is 0.716. The van der Waals surface area contributed by atoms with Crippen molar-refractivity contribution in [3.8, 4) is 5.75 Å². The highest BCUT2D eigenvalue weighted by molar-refractivity contribution is 5.59. The van der Waals surface area contributed by atoms with Crippen molar-refractivity contribution in [3.63, 3.8) is 0 Å². The SMILES string of the molecule is COc1ccccc1NCc1cnn2ccccc12. The number of methoxy groups -OCH3 is 1. The van der Waals surface area contributed by atoms with Crippen molar-refractivity contribution < 1.29 is 4.74 Å². The van der Waals surface area contributed by atoms with Gasteiger partial charge < -0.3 is 10.1 Å². The van der Waals surface area contributed by atoms with E-state index >= 15 is 0 Å². The van der Waals surface area contributed by atoms with E-state index in [1.807, 2.05) is 53.3 Å². The van der Waals surface area contributed by atoms with Gasteiger partial charge in [0, 0.05) is 18.3 Å². The minimum atomic E-state index is 0.716. The molecular weight excluding hydrogens is 238 g/mol. The minimum Gasteiger partial charge on any atom is -0.495 e. The molecule has 3 aromatic rings. The Hall–Kier alpha value is -2.49. The number of nitrogens with one attached hydrogen (secondary N) is 1. The van der Waals surface area contributed by atoms with Gasteiger partial charge in [-0.05, 0) is 24.3 Å². The average molecular weight is 253 g/mol. The van der Waals surface area contributed by atoms with Crippen molar-refractivity contribution in [2.75, 3.05) is 12.4 Å². The zero-order chi connectivity index (χ0) is 13.1. The Balaban J connectivity index is 1.82. The van der Waals surface area contributed by atoms with Gasteiger partial charge in [0.25, 0.3) is 0 Å². The number of rotatable bonds is 4. The molecule has 0 unspecified atom stereocenters. The molecule has 0 amide bonds. The van der Waals surface area contributed by atoms with Gasteiger partial charge in [-0.15, -0.1) is 0 Å². The lowest BCUT2D eigenvalue weighted by Gasteiger charge is -2.10. The van der Waals surface area contributed by atoms with Crippen molar-refractivity contribution in [1.29, 1.82) is 0 Å². The summed E-state index contributed by atoms with van der Waals surface area (Å²) in [4.78, 5) is 0. The Morgan fingerprint density at radius 3 is 2.89 bits per heavy atom. The molecule has 0 fully saturated rings. The Morgan fingerprint density at radius 1 is 1.16 bits per heavy atom. The Bertz CT molecular complexity index is 690. The third-order valence-corrected chi connectivity index (χ3v) is 3.08. The van der Waals surface area contributed by atoms with Crippen LogP contribution in [-0.4, -0.2) is 16.7 Å². The van der Waals surface area contributed by atoms with Crippen LogP contribution >= 0.6 is 0 Å². The van der Waals surface area contributed by atoms with E-state index in [0.717, 1.165) is 22.5 Å². The quantitative estimate of drug-likeness (QED) is 0.777. The van der Waals surface area contributed by atoms with Crippen molar-refractivity contribution in [2.24, 2.45) is 0 Å². The zero-order valence-corrected chi connectivity index (χ0v) is 10.7. The zero-order valence-electron chi connectivity index (χ0n) is 10.7. The van der Waals surface area contributed by atoms with E-state index in [1.54, 1.807) is 7.11 Å². The molecule has 4 heteroatoms. The van der Waals surface area contributed by atoms with E-state index in [4.69, 9.17) is 4.74 Å². The second kappa shape index (κ2) is 5.02. The van der Waals surface area contributed by atoms with Gasteiger partial charge in [-0.25, -0.2) is 4.52 Å². The van der Waals surface area contributed by atoms with Crippen LogP contribution in [-0.2, 0) is 6.54 Å². The summed E-state index contributed by atoms with van der Waals surface area (Å²) in [6, 6.07) is 13.9. The van der Waals surface area contributed by atoms with Gasteiger partial charge in [-0.2, -0.15) is 5.10 Å². The Labute approximate surface area is 111 Å². The Morgan fingerprint density at radius 2 is 2.00 bits per heavy atom. The predicted molar refractivity (Wildman–Crippen MR) is 75.5 cm³/mol. The van der Waals surface area contributed by atoms with Crippen LogP contribution in [0.25, 0.3) is 5.52 Å². The van der Waals surface area contributed by atoms with E-state index < -0.39 is 0 Å². The highest BCUT2D eigenvalue weighted by Gasteiger charge is 2.05. The fourth-order valence-corrected chi connectivity index (χ4v) is 2.10. The smallest absolute Gasteiger partial charge is 0.141 e. The molecule has 3 rings (SSSR count). The predicted octanol–water partition coefficient (Wildman–Crippen LogP) is 2.96. The molecule has 0 aliphatic heterocycles. The van der Waals surface area contributed by atoms with E-state index in [1.165, 1.54) is 0 Å². The normalized spacial score (nSPS) is 10.6. The van der Waals surface area contributed by atoms with Gasteiger partial charge in [0.2, 0.25) is 0 Å². The number of hydrogen-bond acceptors (Lipinski definition) is 3. The summed E-state index contributed by atoms with van der Waals surface area (Å²) in [5, 5.41) is 7.70. The fraction of sp³-hybridized carbons (Fsp3) is 0.133. The van der Waals surface area contributed by atoms with E-state index in [-0.39, 0.29) is 0 Å². The summed E-state index contributed by atoms with van der Waals surface area (Å²) in [7, 11) is 1.68. The first-order chi connectivity index (χ1) is 9.38. The second-order valence-corrected chi connectivity index (χ2v) is 4.25. The molecule has 0 radical (unpaired) electrons. The number of anilines is 1. The molecule has 0 saturated heterocycles. The van der Waals surface area contributed by atoms with Gasteiger partial charge in [0.15, 0.2) is 0 Å². The van der Waals surface area contributed by atoms with Crippen LogP contribution in [0.2, 0.25) is 0 Å². The van der Waals surface area contributed by atoms with Crippen LogP contribution in [0.15, 0.2) is 54.9 Å². The number of aromatic nitrogens is 2. The fourth-order valence-electron chi connectivity index (χ4n) is 2.10. The number of nitrogens with zero attached hydrogens (tertiary/aromatic N) is 2. The first-order valence-corrected chi connectivity index (χ1v) is 6.16. The third-order valence-electron chi connectivity index (χ3n) is 3.08. The number of fused-ring (bicyclic) bond motifs is 1. The molecule has 19 heavy (non-hydrogen) atoms. The molecule has 2 heterocycles. The van der Waals surface area contributed by atoms with Gasteiger partial charge in [0.05, 0.1) is 24.5 Å². The largest absolute Gasteiger partial charge is 0.495 e. The molecule has 1 aromatic carbocycles. The lowest BCUT2D eigenvalue weighted by molar-refractivity contribution is 0.416. The molecule has 0 saturated carbocycles. The van der Waals surface area contributed by atoms with Crippen molar-refractivity contribution >= 4 is 11.2 Å². The number of pyridine rings is 1. The molecule has 4 nitrogen and oxygen atoms in total. The summed E-state index contributed by atoms with van der Waals surface area (Å²) in [5.41, 5.74) is 3.26. The first-order valence-electron chi connectivity index (χ1n) is 6.16. The highest BCUT2D eigenvalue weighted by atomic mass is 16.5. The topological polar surface area (TPSA) is 38.6 Å². The van der Waals surface area contributed by atoms with Crippen LogP contribution < -0.4 is 10.1 Å². The maximum Gasteiger partial charge on any atom is 0.141 e. The maximum absolute atomic E-state index is 5.32. The molecule has 0 bridgehead atoms. The van der Waals surface area contributed by atoms with Gasteiger partial charge in [-0.3, -0.25) is 0 Å². The molecule has 0 spiro atoms. The van der Waals surface area contributed by atoms with Crippen LogP contribution in [0.5, 0.6) is 5.75 Å². The standard InChI is InChI=1S/C15H15N3O/c1-19-15-8-3-2-6-13(15)16-10-12-11-17-18-9-5-4-7-14(12)18/h2-9,11,16H,10H2,1H3. The summed E-state index contributed by atoms with van der Waals surface area (Å²) < 4.78 is 7.19. The molecular formula is C15H15N3O. The van der Waals surface area contributed by atoms with Crippen LogP contribution in [0, 0.1) is 0 Å². The van der Waals surface area contributed by atoms with E-state index in [9.17, 15) is 0 Å². The van der Waals surface area contributed by atoms with Crippen molar-refractivity contribution in [1.82, 2.24) is 9.61 Å². The maximum atomic E-state index is 5.32. The van der Waals surface area contributed by atoms with Crippen molar-refractivity contribution in [3.05, 3.63) is 60.4 Å². The summed E-state index contributed by atoms with van der Waals surface area (Å²) in [6.07, 6.45) is 3.83. The second-order valence-electron chi connectivity index (χ2n) is 4.25. The lowest BCUT2D eigenvalue weighted by Crippen LogP contribution is -2.00. The number of benzene rings is 1. The molecule has 2 aromatic heterocycles. The van der Waals surface area contributed by atoms with Gasteiger partial charge in [0.1, 0.15) is 5.75 Å². The summed E-state index contributed by atoms with van der Waals surface area (Å²) >= 11 is 0. The summed E-state index contributed by atoms with van der Waals surface area (Å²) in [5.74, 6) is 0.846. The average Bonchev–Trinajstić information content (AvgIpc) is 2.89. The van der Waals surface area contributed by atoms with E-state index in [0.29, 0.717) is 6.54 Å². The molecule has 0 aliphatic carbocycles. The number of para-hydroxylation sites is 2. The van der Waals surface area contributed by atoms with Crippen LogP contribution in [0.4, 0.5) is 5.69 Å². The monoisotopic (exact) mass is 253 g/mol. The number of hydrogen-bond donors (Lipinski definition) is 1. The molecule has 1 N–H and O–H groups in total. The minimum absolute atomic E-state index is 0.716. The highest BCUT2D eigenvalue weighted by Crippen LogP contribution is 2.24. The molecule has 96 valence electrons. The van der Waals surface area contributed by atoms with Crippen molar-refractivity contribution in [2.45, 2.75) is 6.54 Å². The van der Waals surface area contributed by atoms with Crippen LogP contribution in [0.3, 0.4) is 0 Å². The Kier molecular flexibility index (Phi) is 3.06. The lowest BCUT2D eigenvalue weighted by atomic mass is 10.2. The van der Waals surface area contributed by atoms with Crippen LogP contribution in [0.1, 0.15) is 5.56 Å². The molecule has 0 atom stereocenters. The molecule has 0 aliphatic rings. The van der Waals surface area contributed by atoms with Gasteiger partial charge >= 0.3 is 0 Å². The third kappa shape index (κ3) is 2.25. The number of ether oxygens (including phenoxy) is 1. The van der Waals surface area contributed by atoms with Gasteiger partial charge in [-0.1, -0.05) is 18.2 Å². The first kappa shape index (κ1) is 11.6. The van der Waals surface area contributed by atoms with E-state index in [2.05, 4.69) is 16.5 Å².